The molecule has 1 rings (SSSR count). The molecule has 0 bridgehead atoms. The number of rotatable bonds is 1. The van der Waals surface area contributed by atoms with E-state index in [1.54, 1.807) is 6.92 Å². The van der Waals surface area contributed by atoms with Gasteiger partial charge < -0.3 is 15.2 Å². The molecule has 88 valence electrons. The number of nitrogens with one attached hydrogen (secondary N) is 1. The van der Waals surface area contributed by atoms with Gasteiger partial charge in [-0.3, -0.25) is 0 Å². The van der Waals surface area contributed by atoms with Crippen LogP contribution in [0.15, 0.2) is 0 Å². The summed E-state index contributed by atoms with van der Waals surface area (Å²) in [5.41, 5.74) is -1.29. The van der Waals surface area contributed by atoms with Crippen LogP contribution in [0, 0.1) is 0 Å². The van der Waals surface area contributed by atoms with E-state index in [4.69, 9.17) is 4.74 Å². The highest BCUT2D eigenvalue weighted by molar-refractivity contribution is 5.68. The fraction of sp³-hybridized carbons (Fsp3) is 0.909. The van der Waals surface area contributed by atoms with Gasteiger partial charge in [-0.2, -0.15) is 0 Å². The van der Waals surface area contributed by atoms with Gasteiger partial charge in [0.05, 0.1) is 11.6 Å². The minimum atomic E-state index is -0.795. The molecule has 0 aromatic heterocycles. The number of aliphatic hydroxyl groups is 1. The molecule has 1 amide bonds. The first-order valence-electron chi connectivity index (χ1n) is 5.43. The minimum Gasteiger partial charge on any atom is -0.444 e. The molecule has 0 saturated heterocycles. The normalized spacial score (nSPS) is 31.4. The summed E-state index contributed by atoms with van der Waals surface area (Å²) in [5, 5.41) is 12.6. The van der Waals surface area contributed by atoms with Crippen molar-refractivity contribution >= 4 is 6.09 Å². The van der Waals surface area contributed by atoms with Crippen molar-refractivity contribution in [1.82, 2.24) is 5.32 Å². The topological polar surface area (TPSA) is 58.6 Å². The highest BCUT2D eigenvalue weighted by Crippen LogP contribution is 2.29. The Morgan fingerprint density at radius 1 is 1.53 bits per heavy atom. The average molecular weight is 215 g/mol. The molecule has 15 heavy (non-hydrogen) atoms. The Labute approximate surface area is 91.0 Å². The Hall–Kier alpha value is -0.770. The zero-order chi connectivity index (χ0) is 11.7. The van der Waals surface area contributed by atoms with Crippen molar-refractivity contribution in [1.29, 1.82) is 0 Å². The Morgan fingerprint density at radius 3 is 2.53 bits per heavy atom. The van der Waals surface area contributed by atoms with Crippen LogP contribution in [0.5, 0.6) is 0 Å². The molecule has 0 aromatic rings. The van der Waals surface area contributed by atoms with Crippen molar-refractivity contribution in [3.05, 3.63) is 0 Å². The monoisotopic (exact) mass is 215 g/mol. The van der Waals surface area contributed by atoms with Gasteiger partial charge in [0.25, 0.3) is 0 Å². The van der Waals surface area contributed by atoms with Gasteiger partial charge >= 0.3 is 6.09 Å². The summed E-state index contributed by atoms with van der Waals surface area (Å²) in [4.78, 5) is 11.5. The molecule has 0 spiro atoms. The predicted octanol–water partition coefficient (Wildman–Crippen LogP) is 1.81. The van der Waals surface area contributed by atoms with E-state index in [1.165, 1.54) is 0 Å². The highest BCUT2D eigenvalue weighted by Gasteiger charge is 2.38. The number of amides is 1. The maximum atomic E-state index is 11.5. The van der Waals surface area contributed by atoms with Crippen LogP contribution in [0.2, 0.25) is 0 Å². The van der Waals surface area contributed by atoms with Gasteiger partial charge in [-0.25, -0.2) is 4.79 Å². The lowest BCUT2D eigenvalue weighted by Crippen LogP contribution is -2.48. The fourth-order valence-electron chi connectivity index (χ4n) is 1.83. The second kappa shape index (κ2) is 4.00. The molecular weight excluding hydrogens is 194 g/mol. The van der Waals surface area contributed by atoms with Crippen LogP contribution in [0.4, 0.5) is 4.79 Å². The first-order valence-corrected chi connectivity index (χ1v) is 5.43. The van der Waals surface area contributed by atoms with Gasteiger partial charge in [0.1, 0.15) is 5.60 Å². The molecule has 0 radical (unpaired) electrons. The van der Waals surface area contributed by atoms with Crippen molar-refractivity contribution in [2.75, 3.05) is 0 Å². The Balaban J connectivity index is 2.45. The van der Waals surface area contributed by atoms with Gasteiger partial charge in [0, 0.05) is 0 Å². The van der Waals surface area contributed by atoms with Crippen LogP contribution in [-0.4, -0.2) is 28.4 Å². The molecule has 1 unspecified atom stereocenters. The smallest absolute Gasteiger partial charge is 0.407 e. The summed E-state index contributed by atoms with van der Waals surface area (Å²) >= 11 is 0. The molecule has 1 aliphatic carbocycles. The molecule has 2 N–H and O–H groups in total. The molecule has 4 heteroatoms. The second-order valence-electron chi connectivity index (χ2n) is 5.45. The minimum absolute atomic E-state index is 0.188. The lowest BCUT2D eigenvalue weighted by atomic mass is 10.0. The van der Waals surface area contributed by atoms with Crippen molar-refractivity contribution < 1.29 is 14.6 Å². The zero-order valence-electron chi connectivity index (χ0n) is 9.96. The van der Waals surface area contributed by atoms with E-state index in [-0.39, 0.29) is 6.04 Å². The lowest BCUT2D eigenvalue weighted by molar-refractivity contribution is 0.0195. The van der Waals surface area contributed by atoms with Crippen molar-refractivity contribution in [2.45, 2.75) is 64.2 Å². The maximum Gasteiger partial charge on any atom is 0.407 e. The van der Waals surface area contributed by atoms with Crippen molar-refractivity contribution in [3.8, 4) is 0 Å². The van der Waals surface area contributed by atoms with E-state index < -0.39 is 17.3 Å². The third-order valence-electron chi connectivity index (χ3n) is 2.62. The third kappa shape index (κ3) is 3.70. The molecule has 0 aliphatic heterocycles. The molecule has 1 fully saturated rings. The van der Waals surface area contributed by atoms with Crippen LogP contribution in [0.3, 0.4) is 0 Å². The van der Waals surface area contributed by atoms with Crippen LogP contribution >= 0.6 is 0 Å². The van der Waals surface area contributed by atoms with E-state index in [2.05, 4.69) is 5.32 Å². The molecule has 2 atom stereocenters. The number of hydrogen-bond donors (Lipinski definition) is 2. The third-order valence-corrected chi connectivity index (χ3v) is 2.62. The van der Waals surface area contributed by atoms with E-state index in [0.29, 0.717) is 0 Å². The first kappa shape index (κ1) is 12.3. The summed E-state index contributed by atoms with van der Waals surface area (Å²) in [6.07, 6.45) is 2.03. The number of hydrogen-bond acceptors (Lipinski definition) is 3. The van der Waals surface area contributed by atoms with Crippen molar-refractivity contribution in [3.63, 3.8) is 0 Å². The molecule has 0 heterocycles. The van der Waals surface area contributed by atoms with Gasteiger partial charge in [-0.05, 0) is 47.0 Å². The van der Waals surface area contributed by atoms with Crippen molar-refractivity contribution in [2.24, 2.45) is 0 Å². The lowest BCUT2D eigenvalue weighted by Gasteiger charge is -2.28. The largest absolute Gasteiger partial charge is 0.444 e. The highest BCUT2D eigenvalue weighted by atomic mass is 16.6. The summed E-state index contributed by atoms with van der Waals surface area (Å²) in [7, 11) is 0. The standard InChI is InChI=1S/C11H21NO3/c1-10(2,3)15-9(13)12-8-6-5-7-11(8,4)14/h8,14H,5-7H2,1-4H3,(H,12,13)/t8-,11?/m0/s1. The van der Waals surface area contributed by atoms with Gasteiger partial charge in [0.2, 0.25) is 0 Å². The van der Waals surface area contributed by atoms with Gasteiger partial charge in [-0.15, -0.1) is 0 Å². The molecular formula is C11H21NO3. The SMILES string of the molecule is CC(C)(C)OC(=O)N[C@H]1CCCC1(C)O. The predicted molar refractivity (Wildman–Crippen MR) is 57.6 cm³/mol. The quantitative estimate of drug-likeness (QED) is 0.701. The number of carbonyl (C=O) groups excluding carboxylic acids is 1. The Kier molecular flexibility index (Phi) is 3.28. The van der Waals surface area contributed by atoms with E-state index >= 15 is 0 Å². The zero-order valence-corrected chi connectivity index (χ0v) is 9.96. The molecule has 1 saturated carbocycles. The molecule has 0 aromatic carbocycles. The van der Waals surface area contributed by atoms with E-state index in [9.17, 15) is 9.90 Å². The summed E-state index contributed by atoms with van der Waals surface area (Å²) in [6, 6.07) is -0.188. The van der Waals surface area contributed by atoms with Gasteiger partial charge in [0.15, 0.2) is 0 Å². The first-order chi connectivity index (χ1) is 6.71. The second-order valence-corrected chi connectivity index (χ2v) is 5.45. The Morgan fingerprint density at radius 2 is 2.13 bits per heavy atom. The van der Waals surface area contributed by atoms with Crippen LogP contribution in [0.1, 0.15) is 47.0 Å². The Bertz CT molecular complexity index is 243. The average Bonchev–Trinajstić information content (AvgIpc) is 2.26. The maximum absolute atomic E-state index is 11.5. The number of alkyl carbamates (subject to hydrolysis) is 1. The van der Waals surface area contributed by atoms with E-state index in [0.717, 1.165) is 19.3 Å². The molecule has 1 aliphatic rings. The van der Waals surface area contributed by atoms with Crippen LogP contribution in [-0.2, 0) is 4.74 Å². The van der Waals surface area contributed by atoms with Crippen LogP contribution in [0.25, 0.3) is 0 Å². The summed E-state index contributed by atoms with van der Waals surface area (Å²) in [6.45, 7) is 7.21. The summed E-state index contributed by atoms with van der Waals surface area (Å²) < 4.78 is 5.13. The number of carbonyl (C=O) groups is 1. The summed E-state index contributed by atoms with van der Waals surface area (Å²) in [5.74, 6) is 0. The van der Waals surface area contributed by atoms with Gasteiger partial charge in [-0.1, -0.05) is 0 Å². The molecule has 4 nitrogen and oxygen atoms in total. The fourth-order valence-corrected chi connectivity index (χ4v) is 1.83. The number of ether oxygens (including phenoxy) is 1. The van der Waals surface area contributed by atoms with E-state index in [1.807, 2.05) is 20.8 Å². The van der Waals surface area contributed by atoms with Crippen LogP contribution < -0.4 is 5.32 Å².